The topological polar surface area (TPSA) is 67.4 Å². The van der Waals surface area contributed by atoms with Crippen LogP contribution in [-0.2, 0) is 4.74 Å². The van der Waals surface area contributed by atoms with E-state index in [0.29, 0.717) is 32.1 Å². The van der Waals surface area contributed by atoms with Gasteiger partial charge >= 0.3 is 0 Å². The van der Waals surface area contributed by atoms with Crippen molar-refractivity contribution >= 4 is 28.3 Å². The Morgan fingerprint density at radius 2 is 1.77 bits per heavy atom. The lowest BCUT2D eigenvalue weighted by Gasteiger charge is -2.26. The second-order valence-electron chi connectivity index (χ2n) is 6.31. The first-order valence-corrected chi connectivity index (χ1v) is 8.68. The third-order valence-corrected chi connectivity index (χ3v) is 4.41. The van der Waals surface area contributed by atoms with Crippen molar-refractivity contribution in [1.82, 2.24) is 14.9 Å². The van der Waals surface area contributed by atoms with E-state index in [0.717, 1.165) is 16.6 Å². The van der Waals surface area contributed by atoms with Gasteiger partial charge in [0.1, 0.15) is 5.82 Å². The Morgan fingerprint density at radius 1 is 1.04 bits per heavy atom. The first-order valence-electron chi connectivity index (χ1n) is 8.68. The summed E-state index contributed by atoms with van der Waals surface area (Å²) < 4.78 is 5.32. The van der Waals surface area contributed by atoms with E-state index in [4.69, 9.17) is 4.74 Å². The Kier molecular flexibility index (Phi) is 4.50. The first kappa shape index (κ1) is 16.5. The fourth-order valence-electron chi connectivity index (χ4n) is 2.95. The van der Waals surface area contributed by atoms with Crippen LogP contribution in [0.2, 0.25) is 0 Å². The third kappa shape index (κ3) is 3.36. The number of hydrogen-bond acceptors (Lipinski definition) is 5. The second kappa shape index (κ2) is 7.09. The summed E-state index contributed by atoms with van der Waals surface area (Å²) in [5.74, 6) is 0.683. The molecule has 1 N–H and O–H groups in total. The highest BCUT2D eigenvalue weighted by molar-refractivity contribution is 5.97. The van der Waals surface area contributed by atoms with Crippen molar-refractivity contribution in [2.45, 2.75) is 6.92 Å². The zero-order valence-corrected chi connectivity index (χ0v) is 14.6. The van der Waals surface area contributed by atoms with Crippen LogP contribution in [0.5, 0.6) is 0 Å². The predicted octanol–water partition coefficient (Wildman–Crippen LogP) is 3.15. The molecule has 4 rings (SSSR count). The number of nitrogens with one attached hydrogen (secondary N) is 1. The Morgan fingerprint density at radius 3 is 2.54 bits per heavy atom. The second-order valence-corrected chi connectivity index (χ2v) is 6.31. The van der Waals surface area contributed by atoms with Crippen LogP contribution < -0.4 is 5.32 Å². The summed E-state index contributed by atoms with van der Waals surface area (Å²) in [6, 6.07) is 15.8. The van der Waals surface area contributed by atoms with Crippen LogP contribution in [0.4, 0.5) is 11.5 Å². The molecule has 26 heavy (non-hydrogen) atoms. The molecule has 0 saturated carbocycles. The minimum Gasteiger partial charge on any atom is -0.378 e. The van der Waals surface area contributed by atoms with Gasteiger partial charge in [-0.25, -0.2) is 9.97 Å². The van der Waals surface area contributed by atoms with Gasteiger partial charge in [0.15, 0.2) is 0 Å². The number of benzene rings is 2. The van der Waals surface area contributed by atoms with Crippen molar-refractivity contribution in [3.05, 3.63) is 59.9 Å². The molecule has 3 aromatic rings. The highest BCUT2D eigenvalue weighted by atomic mass is 16.5. The fourth-order valence-corrected chi connectivity index (χ4v) is 2.95. The average molecular weight is 348 g/mol. The van der Waals surface area contributed by atoms with Gasteiger partial charge < -0.3 is 15.0 Å². The van der Waals surface area contributed by atoms with Gasteiger partial charge in [0.2, 0.25) is 5.82 Å². The number of aromatic nitrogens is 2. The van der Waals surface area contributed by atoms with Gasteiger partial charge in [-0.1, -0.05) is 29.8 Å². The molecule has 2 heterocycles. The van der Waals surface area contributed by atoms with Crippen molar-refractivity contribution < 1.29 is 9.53 Å². The molecule has 1 fully saturated rings. The first-order chi connectivity index (χ1) is 12.7. The summed E-state index contributed by atoms with van der Waals surface area (Å²) >= 11 is 0. The van der Waals surface area contributed by atoms with Gasteiger partial charge in [0.05, 0.1) is 18.7 Å². The Labute approximate surface area is 151 Å². The Hall–Kier alpha value is -2.99. The number of carbonyl (C=O) groups excluding carboxylic acids is 1. The largest absolute Gasteiger partial charge is 0.378 e. The molecule has 1 aromatic heterocycles. The molecule has 2 aromatic carbocycles. The molecule has 6 nitrogen and oxygen atoms in total. The summed E-state index contributed by atoms with van der Waals surface area (Å²) in [6.07, 6.45) is 0. The highest BCUT2D eigenvalue weighted by Gasteiger charge is 2.22. The fraction of sp³-hybridized carbons (Fsp3) is 0.250. The van der Waals surface area contributed by atoms with Crippen LogP contribution in [0.15, 0.2) is 48.5 Å². The van der Waals surface area contributed by atoms with Gasteiger partial charge in [0, 0.05) is 24.2 Å². The number of nitrogens with zero attached hydrogens (tertiary/aromatic N) is 3. The van der Waals surface area contributed by atoms with Crippen LogP contribution in [-0.4, -0.2) is 47.1 Å². The molecule has 1 aliphatic heterocycles. The molecule has 0 aliphatic carbocycles. The summed E-state index contributed by atoms with van der Waals surface area (Å²) in [4.78, 5) is 23.6. The quantitative estimate of drug-likeness (QED) is 0.787. The number of rotatable bonds is 3. The summed E-state index contributed by atoms with van der Waals surface area (Å²) in [5, 5.41) is 4.21. The van der Waals surface area contributed by atoms with Crippen molar-refractivity contribution in [2.24, 2.45) is 0 Å². The monoisotopic (exact) mass is 348 g/mol. The maximum atomic E-state index is 12.8. The molecule has 1 saturated heterocycles. The van der Waals surface area contributed by atoms with E-state index < -0.39 is 0 Å². The number of carbonyl (C=O) groups is 1. The summed E-state index contributed by atoms with van der Waals surface area (Å²) in [7, 11) is 0. The molecule has 0 spiro atoms. The average Bonchev–Trinajstić information content (AvgIpc) is 2.69. The summed E-state index contributed by atoms with van der Waals surface area (Å²) in [6.45, 7) is 4.27. The van der Waals surface area contributed by atoms with Crippen LogP contribution in [0.25, 0.3) is 10.9 Å². The third-order valence-electron chi connectivity index (χ3n) is 4.41. The minimum absolute atomic E-state index is 0.161. The molecule has 1 aliphatic rings. The van der Waals surface area contributed by atoms with Crippen molar-refractivity contribution in [3.8, 4) is 0 Å². The lowest BCUT2D eigenvalue weighted by atomic mass is 10.2. The van der Waals surface area contributed by atoms with Crippen molar-refractivity contribution in [1.29, 1.82) is 0 Å². The van der Waals surface area contributed by atoms with Crippen LogP contribution in [0.3, 0.4) is 0 Å². The van der Waals surface area contributed by atoms with Gasteiger partial charge in [0.25, 0.3) is 5.91 Å². The number of anilines is 2. The van der Waals surface area contributed by atoms with Gasteiger partial charge in [-0.15, -0.1) is 0 Å². The van der Waals surface area contributed by atoms with E-state index in [2.05, 4.69) is 15.3 Å². The zero-order chi connectivity index (χ0) is 17.9. The number of amides is 1. The molecule has 132 valence electrons. The van der Waals surface area contributed by atoms with Gasteiger partial charge in [-0.05, 0) is 31.2 Å². The molecule has 6 heteroatoms. The minimum atomic E-state index is -0.161. The number of morpholine rings is 1. The van der Waals surface area contributed by atoms with Gasteiger partial charge in [-0.3, -0.25) is 4.79 Å². The standard InChI is InChI=1S/C20H20N4O2/c1-14-6-8-15(9-7-14)21-18-16-4-2-3-5-17(16)22-19(23-18)20(25)24-10-12-26-13-11-24/h2-9H,10-13H2,1H3,(H,21,22,23). The maximum Gasteiger partial charge on any atom is 0.291 e. The predicted molar refractivity (Wildman–Crippen MR) is 101 cm³/mol. The van der Waals surface area contributed by atoms with Crippen LogP contribution >= 0.6 is 0 Å². The van der Waals surface area contributed by atoms with E-state index in [1.807, 2.05) is 55.5 Å². The maximum absolute atomic E-state index is 12.8. The van der Waals surface area contributed by atoms with E-state index in [1.165, 1.54) is 5.56 Å². The molecule has 0 radical (unpaired) electrons. The van der Waals surface area contributed by atoms with E-state index in [9.17, 15) is 4.79 Å². The number of ether oxygens (including phenoxy) is 1. The SMILES string of the molecule is Cc1ccc(Nc2nc(C(=O)N3CCOCC3)nc3ccccc23)cc1. The summed E-state index contributed by atoms with van der Waals surface area (Å²) in [5.41, 5.74) is 2.85. The molecule has 1 amide bonds. The van der Waals surface area contributed by atoms with Crippen LogP contribution in [0, 0.1) is 6.92 Å². The Bertz CT molecular complexity index is 934. The Balaban J connectivity index is 1.73. The number of aryl methyl sites for hydroxylation is 1. The smallest absolute Gasteiger partial charge is 0.291 e. The van der Waals surface area contributed by atoms with Crippen molar-refractivity contribution in [3.63, 3.8) is 0 Å². The lowest BCUT2D eigenvalue weighted by Crippen LogP contribution is -2.41. The molecule has 0 atom stereocenters. The lowest BCUT2D eigenvalue weighted by molar-refractivity contribution is 0.0295. The number of para-hydroxylation sites is 1. The number of hydrogen-bond donors (Lipinski definition) is 1. The van der Waals surface area contributed by atoms with Crippen LogP contribution in [0.1, 0.15) is 16.2 Å². The molecule has 0 unspecified atom stereocenters. The number of fused-ring (bicyclic) bond motifs is 1. The molecule has 0 bridgehead atoms. The molecular weight excluding hydrogens is 328 g/mol. The van der Waals surface area contributed by atoms with Crippen molar-refractivity contribution in [2.75, 3.05) is 31.6 Å². The normalized spacial score (nSPS) is 14.4. The van der Waals surface area contributed by atoms with Gasteiger partial charge in [-0.2, -0.15) is 0 Å². The van der Waals surface area contributed by atoms with E-state index >= 15 is 0 Å². The highest BCUT2D eigenvalue weighted by Crippen LogP contribution is 2.24. The molecular formula is C20H20N4O2. The zero-order valence-electron chi connectivity index (χ0n) is 14.6. The van der Waals surface area contributed by atoms with E-state index in [-0.39, 0.29) is 11.7 Å². The van der Waals surface area contributed by atoms with E-state index in [1.54, 1.807) is 4.90 Å².